The van der Waals surface area contributed by atoms with E-state index >= 15 is 0 Å². The Kier molecular flexibility index (Phi) is 7.94. The van der Waals surface area contributed by atoms with Crippen LogP contribution < -0.4 is 14.8 Å². The van der Waals surface area contributed by atoms with E-state index in [0.29, 0.717) is 11.8 Å². The topological polar surface area (TPSA) is 88.1 Å². The van der Waals surface area contributed by atoms with Gasteiger partial charge in [0.15, 0.2) is 11.5 Å². The molecule has 3 atom stereocenters. The molecule has 0 bridgehead atoms. The zero-order valence-corrected chi connectivity index (χ0v) is 17.2. The van der Waals surface area contributed by atoms with Crippen LogP contribution in [-0.2, 0) is 16.0 Å². The van der Waals surface area contributed by atoms with Gasteiger partial charge in [0.1, 0.15) is 0 Å². The van der Waals surface area contributed by atoms with Gasteiger partial charge in [-0.25, -0.2) is 4.79 Å². The summed E-state index contributed by atoms with van der Waals surface area (Å²) in [6.07, 6.45) is -4.10. The van der Waals surface area contributed by atoms with E-state index in [9.17, 15) is 18.0 Å². The average molecular weight is 432 g/mol. The lowest BCUT2D eigenvalue weighted by molar-refractivity contribution is -0.192. The number of halogens is 3. The van der Waals surface area contributed by atoms with E-state index in [1.54, 1.807) is 14.2 Å². The first-order valence-electron chi connectivity index (χ1n) is 9.57. The van der Waals surface area contributed by atoms with E-state index in [1.165, 1.54) is 5.56 Å². The highest BCUT2D eigenvalue weighted by atomic mass is 19.4. The Morgan fingerprint density at radius 1 is 1.23 bits per heavy atom. The van der Waals surface area contributed by atoms with Crippen molar-refractivity contribution in [2.75, 3.05) is 40.4 Å². The molecule has 1 aromatic rings. The van der Waals surface area contributed by atoms with Gasteiger partial charge >= 0.3 is 12.1 Å². The molecule has 0 aliphatic carbocycles. The summed E-state index contributed by atoms with van der Waals surface area (Å²) < 4.78 is 42.4. The molecule has 10 heteroatoms. The van der Waals surface area contributed by atoms with Crippen LogP contribution in [0.15, 0.2) is 18.2 Å². The number of carboxylic acids is 1. The molecule has 3 rings (SSSR count). The van der Waals surface area contributed by atoms with Crippen LogP contribution in [0.3, 0.4) is 0 Å². The quantitative estimate of drug-likeness (QED) is 0.742. The van der Waals surface area contributed by atoms with Gasteiger partial charge in [-0.2, -0.15) is 13.2 Å². The van der Waals surface area contributed by atoms with Gasteiger partial charge in [0.05, 0.1) is 14.2 Å². The first kappa shape index (κ1) is 23.8. The van der Waals surface area contributed by atoms with E-state index in [4.69, 9.17) is 19.4 Å². The van der Waals surface area contributed by atoms with E-state index in [0.717, 1.165) is 44.1 Å². The molecule has 0 aromatic heterocycles. The molecule has 0 unspecified atom stereocenters. The predicted molar refractivity (Wildman–Crippen MR) is 103 cm³/mol. The van der Waals surface area contributed by atoms with Crippen LogP contribution in [0.2, 0.25) is 0 Å². The maximum atomic E-state index is 11.8. The number of benzene rings is 1. The Morgan fingerprint density at radius 2 is 1.87 bits per heavy atom. The summed E-state index contributed by atoms with van der Waals surface area (Å²) in [6, 6.07) is 6.11. The van der Waals surface area contributed by atoms with Gasteiger partial charge in [0, 0.05) is 32.1 Å². The Morgan fingerprint density at radius 3 is 2.43 bits per heavy atom. The molecule has 1 amide bonds. The number of nitrogens with zero attached hydrogens (tertiary/aromatic N) is 1. The number of carboxylic acid groups (broad SMARTS) is 1. The third-order valence-corrected chi connectivity index (χ3v) is 5.57. The van der Waals surface area contributed by atoms with Gasteiger partial charge in [-0.05, 0) is 36.0 Å². The fourth-order valence-electron chi connectivity index (χ4n) is 3.86. The summed E-state index contributed by atoms with van der Waals surface area (Å²) in [5.74, 6) is 0.257. The molecule has 7 nitrogen and oxygen atoms in total. The zero-order chi connectivity index (χ0) is 22.5. The van der Waals surface area contributed by atoms with Crippen LogP contribution in [0, 0.1) is 17.8 Å². The molecular weight excluding hydrogens is 405 g/mol. The molecule has 168 valence electrons. The lowest BCUT2D eigenvalue weighted by Crippen LogP contribution is -2.46. The molecule has 0 saturated carbocycles. The van der Waals surface area contributed by atoms with Crippen molar-refractivity contribution in [1.82, 2.24) is 10.2 Å². The molecule has 2 aliphatic heterocycles. The van der Waals surface area contributed by atoms with Crippen LogP contribution in [0.25, 0.3) is 0 Å². The fraction of sp³-hybridized carbons (Fsp3) is 0.600. The maximum absolute atomic E-state index is 11.8. The maximum Gasteiger partial charge on any atom is 0.490 e. The number of amides is 1. The van der Waals surface area contributed by atoms with Crippen molar-refractivity contribution in [3.8, 4) is 11.5 Å². The van der Waals surface area contributed by atoms with Crippen LogP contribution in [0.4, 0.5) is 13.2 Å². The number of piperidine rings is 1. The summed E-state index contributed by atoms with van der Waals surface area (Å²) in [7, 11) is 3.32. The molecule has 2 N–H and O–H groups in total. The van der Waals surface area contributed by atoms with Crippen molar-refractivity contribution in [2.45, 2.75) is 19.5 Å². The van der Waals surface area contributed by atoms with E-state index in [-0.39, 0.29) is 11.8 Å². The number of nitrogens with one attached hydrogen (secondary N) is 1. The second kappa shape index (κ2) is 10.0. The third-order valence-electron chi connectivity index (χ3n) is 5.57. The van der Waals surface area contributed by atoms with E-state index in [2.05, 4.69) is 29.3 Å². The summed E-state index contributed by atoms with van der Waals surface area (Å²) in [5, 5.41) is 10.2. The highest BCUT2D eigenvalue weighted by molar-refractivity contribution is 5.79. The summed E-state index contributed by atoms with van der Waals surface area (Å²) in [5.41, 5.74) is 1.25. The number of alkyl halides is 3. The minimum Gasteiger partial charge on any atom is -0.493 e. The minimum atomic E-state index is -5.08. The Bertz CT molecular complexity index is 756. The third kappa shape index (κ3) is 6.01. The molecule has 0 radical (unpaired) electrons. The van der Waals surface area contributed by atoms with Crippen LogP contribution >= 0.6 is 0 Å². The molecule has 2 saturated heterocycles. The first-order chi connectivity index (χ1) is 14.1. The predicted octanol–water partition coefficient (Wildman–Crippen LogP) is 2.19. The van der Waals surface area contributed by atoms with Gasteiger partial charge in [-0.15, -0.1) is 0 Å². The number of methoxy groups -OCH3 is 2. The van der Waals surface area contributed by atoms with Crippen molar-refractivity contribution in [1.29, 1.82) is 0 Å². The number of ether oxygens (including phenoxy) is 2. The number of hydrogen-bond acceptors (Lipinski definition) is 5. The fourth-order valence-corrected chi connectivity index (χ4v) is 3.86. The van der Waals surface area contributed by atoms with Crippen LogP contribution in [-0.4, -0.2) is 68.5 Å². The van der Waals surface area contributed by atoms with Gasteiger partial charge in [0.2, 0.25) is 5.91 Å². The molecule has 0 spiro atoms. The molecule has 2 aliphatic rings. The normalized spacial score (nSPS) is 23.7. The number of likely N-dealkylation sites (tertiary alicyclic amines) is 1. The molecule has 2 fully saturated rings. The number of fused-ring (bicyclic) bond motifs is 1. The molecule has 1 aromatic carbocycles. The van der Waals surface area contributed by atoms with Gasteiger partial charge in [0.25, 0.3) is 0 Å². The number of rotatable bonds is 5. The molecular formula is C20H27F3N2O5. The van der Waals surface area contributed by atoms with Crippen LogP contribution in [0.1, 0.15) is 12.5 Å². The van der Waals surface area contributed by atoms with Crippen molar-refractivity contribution in [2.24, 2.45) is 17.8 Å². The largest absolute Gasteiger partial charge is 0.493 e. The standard InChI is InChI=1S/C18H26N2O3.C2HF3O2/c1-12-15-11-20(10-14(15)9-19-18(12)21)7-6-13-4-5-16(22-2)17(8-13)23-3;3-2(4,5)1(6)7/h4-5,8,12,14-15H,6-7,9-11H2,1-3H3,(H,19,21);(H,6,7)/t12-,14+,15+;/m1./s1. The second-order valence-corrected chi connectivity index (χ2v) is 7.46. The average Bonchev–Trinajstić information content (AvgIpc) is 3.12. The highest BCUT2D eigenvalue weighted by Gasteiger charge is 2.41. The first-order valence-corrected chi connectivity index (χ1v) is 9.57. The summed E-state index contributed by atoms with van der Waals surface area (Å²) in [4.78, 5) is 23.2. The Balaban J connectivity index is 0.000000396. The molecule has 30 heavy (non-hydrogen) atoms. The SMILES string of the molecule is COc1ccc(CCN2C[C@@H]3CNC(=O)[C@H](C)[C@@H]3C2)cc1OC.O=C(O)C(F)(F)F. The van der Waals surface area contributed by atoms with Crippen molar-refractivity contribution in [3.05, 3.63) is 23.8 Å². The minimum absolute atomic E-state index is 0.139. The van der Waals surface area contributed by atoms with Gasteiger partial charge < -0.3 is 24.8 Å². The van der Waals surface area contributed by atoms with E-state index < -0.39 is 12.1 Å². The summed E-state index contributed by atoms with van der Waals surface area (Å²) in [6.45, 7) is 6.03. The Labute approximate surface area is 173 Å². The van der Waals surface area contributed by atoms with Crippen molar-refractivity contribution >= 4 is 11.9 Å². The zero-order valence-electron chi connectivity index (χ0n) is 17.2. The number of carbonyl (C=O) groups is 2. The summed E-state index contributed by atoms with van der Waals surface area (Å²) >= 11 is 0. The van der Waals surface area contributed by atoms with Crippen LogP contribution in [0.5, 0.6) is 11.5 Å². The van der Waals surface area contributed by atoms with Gasteiger partial charge in [-0.1, -0.05) is 13.0 Å². The van der Waals surface area contributed by atoms with Crippen molar-refractivity contribution in [3.63, 3.8) is 0 Å². The number of hydrogen-bond donors (Lipinski definition) is 2. The Hall–Kier alpha value is -2.49. The van der Waals surface area contributed by atoms with E-state index in [1.807, 2.05) is 6.07 Å². The smallest absolute Gasteiger partial charge is 0.490 e. The lowest BCUT2D eigenvalue weighted by Gasteiger charge is -2.30. The number of aliphatic carboxylic acids is 1. The molecule has 2 heterocycles. The number of carbonyl (C=O) groups excluding carboxylic acids is 1. The van der Waals surface area contributed by atoms with Crippen molar-refractivity contribution < 1.29 is 37.3 Å². The van der Waals surface area contributed by atoms with Gasteiger partial charge in [-0.3, -0.25) is 4.79 Å². The second-order valence-electron chi connectivity index (χ2n) is 7.46. The lowest BCUT2D eigenvalue weighted by atomic mass is 9.81. The monoisotopic (exact) mass is 432 g/mol. The highest BCUT2D eigenvalue weighted by Crippen LogP contribution is 2.33.